The summed E-state index contributed by atoms with van der Waals surface area (Å²) in [6.45, 7) is 1.96. The molecule has 1 aliphatic rings. The molecule has 0 radical (unpaired) electrons. The molecule has 0 amide bonds. The van der Waals surface area contributed by atoms with Crippen molar-refractivity contribution in [1.82, 2.24) is 15.1 Å². The van der Waals surface area contributed by atoms with Crippen molar-refractivity contribution < 1.29 is 9.32 Å². The molecule has 1 fully saturated rings. The van der Waals surface area contributed by atoms with Gasteiger partial charge in [-0.05, 0) is 37.3 Å². The SMILES string of the molecule is Cc1ccc(Cc2noc(CC3CCC(=O)CC3)n2)cn1. The average Bonchev–Trinajstić information content (AvgIpc) is 2.91. The van der Waals surface area contributed by atoms with Crippen molar-refractivity contribution in [3.63, 3.8) is 0 Å². The smallest absolute Gasteiger partial charge is 0.226 e. The summed E-state index contributed by atoms with van der Waals surface area (Å²) in [6, 6.07) is 4.01. The van der Waals surface area contributed by atoms with E-state index in [1.165, 1.54) is 0 Å². The molecule has 5 nitrogen and oxygen atoms in total. The Morgan fingerprint density at radius 3 is 2.81 bits per heavy atom. The molecule has 0 bridgehead atoms. The fourth-order valence-electron chi connectivity index (χ4n) is 2.68. The lowest BCUT2D eigenvalue weighted by Gasteiger charge is -2.18. The topological polar surface area (TPSA) is 68.9 Å². The van der Waals surface area contributed by atoms with Crippen LogP contribution < -0.4 is 0 Å². The molecule has 0 aliphatic heterocycles. The van der Waals surface area contributed by atoms with Crippen LogP contribution in [0.4, 0.5) is 0 Å². The highest BCUT2D eigenvalue weighted by Crippen LogP contribution is 2.24. The first kappa shape index (κ1) is 13.9. The van der Waals surface area contributed by atoms with Crippen molar-refractivity contribution in [2.45, 2.75) is 45.4 Å². The highest BCUT2D eigenvalue weighted by molar-refractivity contribution is 5.79. The van der Waals surface area contributed by atoms with Crippen LogP contribution in [-0.2, 0) is 17.6 Å². The van der Waals surface area contributed by atoms with E-state index in [1.807, 2.05) is 25.3 Å². The second-order valence-corrected chi connectivity index (χ2v) is 5.78. The van der Waals surface area contributed by atoms with Crippen LogP contribution in [0.3, 0.4) is 0 Å². The molecule has 0 unspecified atom stereocenters. The van der Waals surface area contributed by atoms with Crippen LogP contribution in [0.2, 0.25) is 0 Å². The Morgan fingerprint density at radius 1 is 1.29 bits per heavy atom. The van der Waals surface area contributed by atoms with E-state index < -0.39 is 0 Å². The molecule has 3 rings (SSSR count). The van der Waals surface area contributed by atoms with Gasteiger partial charge in [-0.15, -0.1) is 0 Å². The molecule has 0 saturated heterocycles. The normalized spacial score (nSPS) is 16.3. The van der Waals surface area contributed by atoms with Crippen LogP contribution >= 0.6 is 0 Å². The lowest BCUT2D eigenvalue weighted by Crippen LogP contribution is -2.15. The van der Waals surface area contributed by atoms with Gasteiger partial charge in [0.1, 0.15) is 5.78 Å². The third kappa shape index (κ3) is 3.74. The van der Waals surface area contributed by atoms with Crippen molar-refractivity contribution in [1.29, 1.82) is 0 Å². The molecular formula is C16H19N3O2. The molecular weight excluding hydrogens is 266 g/mol. The summed E-state index contributed by atoms with van der Waals surface area (Å²) in [7, 11) is 0. The number of rotatable bonds is 4. The van der Waals surface area contributed by atoms with Crippen molar-refractivity contribution >= 4 is 5.78 Å². The maximum Gasteiger partial charge on any atom is 0.226 e. The number of hydrogen-bond donors (Lipinski definition) is 0. The lowest BCUT2D eigenvalue weighted by molar-refractivity contribution is -0.121. The minimum atomic E-state index is 0.379. The van der Waals surface area contributed by atoms with E-state index in [-0.39, 0.29) is 0 Å². The third-order valence-electron chi connectivity index (χ3n) is 3.97. The number of carbonyl (C=O) groups is 1. The van der Waals surface area contributed by atoms with Gasteiger partial charge < -0.3 is 4.52 Å². The Balaban J connectivity index is 1.58. The number of aromatic nitrogens is 3. The summed E-state index contributed by atoms with van der Waals surface area (Å²) < 4.78 is 5.32. The summed E-state index contributed by atoms with van der Waals surface area (Å²) in [4.78, 5) is 20.0. The van der Waals surface area contributed by atoms with Gasteiger partial charge in [-0.2, -0.15) is 4.98 Å². The van der Waals surface area contributed by atoms with Crippen LogP contribution in [0.15, 0.2) is 22.9 Å². The number of nitrogens with zero attached hydrogens (tertiary/aromatic N) is 3. The molecule has 2 aromatic heterocycles. The standard InChI is InChI=1S/C16H19N3O2/c1-11-2-3-13(10-17-11)8-15-18-16(21-19-15)9-12-4-6-14(20)7-5-12/h2-3,10,12H,4-9H2,1H3. The third-order valence-corrected chi connectivity index (χ3v) is 3.97. The van der Waals surface area contributed by atoms with Gasteiger partial charge in [-0.1, -0.05) is 11.2 Å². The Bertz CT molecular complexity index is 609. The summed E-state index contributed by atoms with van der Waals surface area (Å²) in [5.41, 5.74) is 2.08. The fraction of sp³-hybridized carbons (Fsp3) is 0.500. The predicted molar refractivity (Wildman–Crippen MR) is 76.7 cm³/mol. The summed E-state index contributed by atoms with van der Waals surface area (Å²) >= 11 is 0. The van der Waals surface area contributed by atoms with E-state index >= 15 is 0 Å². The maximum atomic E-state index is 11.2. The molecule has 0 spiro atoms. The Labute approximate surface area is 123 Å². The highest BCUT2D eigenvalue weighted by Gasteiger charge is 2.21. The zero-order valence-corrected chi connectivity index (χ0v) is 12.2. The number of Topliss-reactive ketones (excluding diaryl/α,β-unsaturated/α-hetero) is 1. The van der Waals surface area contributed by atoms with Crippen molar-refractivity contribution in [2.24, 2.45) is 5.92 Å². The minimum Gasteiger partial charge on any atom is -0.339 e. The predicted octanol–water partition coefficient (Wildman–Crippen LogP) is 2.67. The first-order chi connectivity index (χ1) is 10.2. The quantitative estimate of drug-likeness (QED) is 0.863. The molecule has 2 heterocycles. The number of carbonyl (C=O) groups excluding carboxylic acids is 1. The Morgan fingerprint density at radius 2 is 2.10 bits per heavy atom. The van der Waals surface area contributed by atoms with Crippen LogP contribution in [0, 0.1) is 12.8 Å². The number of pyridine rings is 1. The summed E-state index contributed by atoms with van der Waals surface area (Å²) in [6.07, 6.45) is 6.54. The van der Waals surface area contributed by atoms with Crippen LogP contribution in [-0.4, -0.2) is 20.9 Å². The van der Waals surface area contributed by atoms with Crippen molar-refractivity contribution in [3.05, 3.63) is 41.3 Å². The van der Waals surface area contributed by atoms with Gasteiger partial charge >= 0.3 is 0 Å². The first-order valence-corrected chi connectivity index (χ1v) is 7.44. The van der Waals surface area contributed by atoms with Crippen LogP contribution in [0.1, 0.15) is 48.7 Å². The van der Waals surface area contributed by atoms with Crippen molar-refractivity contribution in [2.75, 3.05) is 0 Å². The zero-order valence-electron chi connectivity index (χ0n) is 12.2. The van der Waals surface area contributed by atoms with Gasteiger partial charge in [0.05, 0.1) is 0 Å². The number of ketones is 1. The van der Waals surface area contributed by atoms with Gasteiger partial charge in [0.25, 0.3) is 0 Å². The fourth-order valence-corrected chi connectivity index (χ4v) is 2.68. The van der Waals surface area contributed by atoms with E-state index in [9.17, 15) is 4.79 Å². The van der Waals surface area contributed by atoms with Gasteiger partial charge in [0.2, 0.25) is 5.89 Å². The summed E-state index contributed by atoms with van der Waals surface area (Å²) in [5.74, 6) is 2.26. The van der Waals surface area contributed by atoms with E-state index in [0.717, 1.165) is 30.5 Å². The van der Waals surface area contributed by atoms with Gasteiger partial charge in [0, 0.05) is 37.6 Å². The monoisotopic (exact) mass is 285 g/mol. The van der Waals surface area contributed by atoms with E-state index in [4.69, 9.17) is 4.52 Å². The minimum absolute atomic E-state index is 0.379. The van der Waals surface area contributed by atoms with E-state index in [1.54, 1.807) is 0 Å². The van der Waals surface area contributed by atoms with Crippen molar-refractivity contribution in [3.8, 4) is 0 Å². The zero-order chi connectivity index (χ0) is 14.7. The maximum absolute atomic E-state index is 11.2. The lowest BCUT2D eigenvalue weighted by atomic mass is 9.86. The largest absolute Gasteiger partial charge is 0.339 e. The number of aryl methyl sites for hydroxylation is 1. The molecule has 0 aromatic carbocycles. The number of hydrogen-bond acceptors (Lipinski definition) is 5. The molecule has 1 saturated carbocycles. The van der Waals surface area contributed by atoms with Crippen LogP contribution in [0.5, 0.6) is 0 Å². The molecule has 0 N–H and O–H groups in total. The van der Waals surface area contributed by atoms with Crippen LogP contribution in [0.25, 0.3) is 0 Å². The van der Waals surface area contributed by atoms with Gasteiger partial charge in [-0.3, -0.25) is 9.78 Å². The molecule has 5 heteroatoms. The average molecular weight is 285 g/mol. The first-order valence-electron chi connectivity index (χ1n) is 7.44. The highest BCUT2D eigenvalue weighted by atomic mass is 16.5. The second-order valence-electron chi connectivity index (χ2n) is 5.78. The molecule has 21 heavy (non-hydrogen) atoms. The molecule has 0 atom stereocenters. The molecule has 110 valence electrons. The van der Waals surface area contributed by atoms with E-state index in [0.29, 0.717) is 42.7 Å². The van der Waals surface area contributed by atoms with Gasteiger partial charge in [0.15, 0.2) is 5.82 Å². The second kappa shape index (κ2) is 6.16. The molecule has 2 aromatic rings. The molecule has 1 aliphatic carbocycles. The summed E-state index contributed by atoms with van der Waals surface area (Å²) in [5, 5.41) is 4.03. The Kier molecular flexibility index (Phi) is 4.08. The Hall–Kier alpha value is -2.04. The van der Waals surface area contributed by atoms with E-state index in [2.05, 4.69) is 15.1 Å². The van der Waals surface area contributed by atoms with Gasteiger partial charge in [-0.25, -0.2) is 0 Å².